The number of aliphatic imine (C=N–C) groups is 1. The van der Waals surface area contributed by atoms with Crippen LogP contribution in [0.15, 0.2) is 45.6 Å². The van der Waals surface area contributed by atoms with Crippen molar-refractivity contribution in [2.75, 3.05) is 41.1 Å². The summed E-state index contributed by atoms with van der Waals surface area (Å²) in [5, 5.41) is 5.63. The molecule has 4 rings (SSSR count). The van der Waals surface area contributed by atoms with Crippen molar-refractivity contribution in [1.29, 1.82) is 0 Å². The highest BCUT2D eigenvalue weighted by molar-refractivity contribution is 8.16. The van der Waals surface area contributed by atoms with E-state index in [1.165, 1.54) is 11.8 Å². The van der Waals surface area contributed by atoms with Crippen molar-refractivity contribution in [3.8, 4) is 11.5 Å². The maximum atomic E-state index is 13.3. The molecule has 9 nitrogen and oxygen atoms in total. The van der Waals surface area contributed by atoms with E-state index >= 15 is 0 Å². The van der Waals surface area contributed by atoms with Gasteiger partial charge >= 0.3 is 5.97 Å². The molecule has 2 aliphatic heterocycles. The Morgan fingerprint density at radius 1 is 1.17 bits per heavy atom. The van der Waals surface area contributed by atoms with Gasteiger partial charge in [-0.1, -0.05) is 23.9 Å². The lowest BCUT2D eigenvalue weighted by Crippen LogP contribution is -2.38. The zero-order valence-corrected chi connectivity index (χ0v) is 21.3. The van der Waals surface area contributed by atoms with E-state index in [1.54, 1.807) is 34.3 Å². The summed E-state index contributed by atoms with van der Waals surface area (Å²) in [6.07, 6.45) is 2.50. The molecule has 10 heteroatoms. The number of fused-ring (bicyclic) bond motifs is 1. The Hall–Kier alpha value is -2.98. The van der Waals surface area contributed by atoms with Crippen LogP contribution in [0.25, 0.3) is 0 Å². The molecule has 0 spiro atoms. The Morgan fingerprint density at radius 2 is 1.97 bits per heavy atom. The summed E-state index contributed by atoms with van der Waals surface area (Å²) >= 11 is 1.43. The van der Waals surface area contributed by atoms with Crippen molar-refractivity contribution in [1.82, 2.24) is 10.2 Å². The summed E-state index contributed by atoms with van der Waals surface area (Å²) in [4.78, 5) is 32.7. The monoisotopic (exact) mass is 501 g/mol. The standard InChI is InChI=1S/C25H31N3O6S/c1-15-21(24(30)34-11-10-31-2)22(18-6-5-7-19(32-3)23(18)33-4)28-17(14-35-25(28)27-15)12-20(29)26-13-16-8-9-16/h5-7,14,16,22H,8-13H2,1-4H3,(H,26,29). The van der Waals surface area contributed by atoms with Crippen molar-refractivity contribution in [2.45, 2.75) is 32.2 Å². The molecule has 0 radical (unpaired) electrons. The van der Waals surface area contributed by atoms with Gasteiger partial charge in [-0.3, -0.25) is 4.79 Å². The predicted octanol–water partition coefficient (Wildman–Crippen LogP) is 3.38. The van der Waals surface area contributed by atoms with Gasteiger partial charge in [0.05, 0.1) is 44.6 Å². The second-order valence-electron chi connectivity index (χ2n) is 8.53. The van der Waals surface area contributed by atoms with Gasteiger partial charge in [-0.05, 0) is 37.2 Å². The highest BCUT2D eigenvalue weighted by Crippen LogP contribution is 2.48. The third-order valence-electron chi connectivity index (χ3n) is 6.10. The minimum absolute atomic E-state index is 0.0585. The summed E-state index contributed by atoms with van der Waals surface area (Å²) in [5.41, 5.74) is 2.40. The highest BCUT2D eigenvalue weighted by Gasteiger charge is 2.42. The summed E-state index contributed by atoms with van der Waals surface area (Å²) < 4.78 is 21.8. The topological polar surface area (TPSA) is 98.7 Å². The van der Waals surface area contributed by atoms with Crippen LogP contribution in [0, 0.1) is 5.92 Å². The van der Waals surface area contributed by atoms with Gasteiger partial charge in [0, 0.05) is 24.9 Å². The van der Waals surface area contributed by atoms with Crippen LogP contribution in [-0.4, -0.2) is 63.0 Å². The second kappa shape index (κ2) is 11.2. The van der Waals surface area contributed by atoms with E-state index in [0.717, 1.165) is 18.5 Å². The molecular weight excluding hydrogens is 470 g/mol. The van der Waals surface area contributed by atoms with Gasteiger partial charge in [0.1, 0.15) is 6.61 Å². The van der Waals surface area contributed by atoms with Crippen molar-refractivity contribution >= 4 is 28.8 Å². The quantitative estimate of drug-likeness (QED) is 0.364. The molecule has 188 valence electrons. The lowest BCUT2D eigenvalue weighted by atomic mass is 9.92. The second-order valence-corrected chi connectivity index (χ2v) is 9.37. The van der Waals surface area contributed by atoms with Gasteiger partial charge in [-0.25, -0.2) is 9.79 Å². The molecule has 1 atom stereocenters. The zero-order chi connectivity index (χ0) is 24.9. The number of amidine groups is 1. The molecule has 1 amide bonds. The first-order valence-electron chi connectivity index (χ1n) is 11.6. The zero-order valence-electron chi connectivity index (χ0n) is 20.5. The molecule has 1 unspecified atom stereocenters. The first-order valence-corrected chi connectivity index (χ1v) is 12.4. The number of benzene rings is 1. The fraction of sp³-hybridized carbons (Fsp3) is 0.480. The first kappa shape index (κ1) is 25.1. The molecule has 1 aliphatic carbocycles. The van der Waals surface area contributed by atoms with Gasteiger partial charge in [0.15, 0.2) is 16.7 Å². The van der Waals surface area contributed by atoms with Crippen molar-refractivity contribution < 1.29 is 28.5 Å². The lowest BCUT2D eigenvalue weighted by Gasteiger charge is -2.37. The molecule has 0 aromatic heterocycles. The van der Waals surface area contributed by atoms with E-state index in [0.29, 0.717) is 46.0 Å². The minimum atomic E-state index is -0.611. The van der Waals surface area contributed by atoms with E-state index in [1.807, 2.05) is 22.4 Å². The number of amides is 1. The number of para-hydroxylation sites is 1. The number of allylic oxidation sites excluding steroid dienone is 1. The van der Waals surface area contributed by atoms with Gasteiger partial charge < -0.3 is 29.2 Å². The van der Waals surface area contributed by atoms with E-state index in [4.69, 9.17) is 18.9 Å². The molecule has 3 aliphatic rings. The van der Waals surface area contributed by atoms with Gasteiger partial charge in [-0.2, -0.15) is 0 Å². The Labute approximate surface area is 209 Å². The maximum Gasteiger partial charge on any atom is 0.338 e. The number of nitrogens with zero attached hydrogens (tertiary/aromatic N) is 2. The molecule has 1 aromatic rings. The predicted molar refractivity (Wildman–Crippen MR) is 133 cm³/mol. The molecule has 1 aromatic carbocycles. The molecule has 2 heterocycles. The van der Waals surface area contributed by atoms with Crippen molar-refractivity contribution in [3.05, 3.63) is 46.1 Å². The number of hydrogen-bond acceptors (Lipinski definition) is 9. The lowest BCUT2D eigenvalue weighted by molar-refractivity contribution is -0.141. The Kier molecular flexibility index (Phi) is 8.02. The van der Waals surface area contributed by atoms with Crippen LogP contribution in [0.2, 0.25) is 0 Å². The summed E-state index contributed by atoms with van der Waals surface area (Å²) in [6.45, 7) is 2.89. The van der Waals surface area contributed by atoms with Crippen LogP contribution in [0.4, 0.5) is 0 Å². The van der Waals surface area contributed by atoms with Crippen LogP contribution in [0.3, 0.4) is 0 Å². The molecular formula is C25H31N3O6S. The fourth-order valence-electron chi connectivity index (χ4n) is 4.15. The average Bonchev–Trinajstić information content (AvgIpc) is 3.61. The van der Waals surface area contributed by atoms with Gasteiger partial charge in [0.25, 0.3) is 0 Å². The summed E-state index contributed by atoms with van der Waals surface area (Å²) in [7, 11) is 4.68. The number of carbonyl (C=O) groups excluding carboxylic acids is 2. The number of esters is 1. The maximum absolute atomic E-state index is 13.3. The summed E-state index contributed by atoms with van der Waals surface area (Å²) in [6, 6.07) is 4.92. The molecule has 1 N–H and O–H groups in total. The SMILES string of the molecule is COCCOC(=O)C1=C(C)N=C2SC=C(CC(=O)NCC3CC3)N2C1c1cccc(OC)c1OC. The Bertz CT molecular complexity index is 1080. The van der Waals surface area contributed by atoms with Crippen LogP contribution in [-0.2, 0) is 19.1 Å². The molecule has 1 saturated carbocycles. The molecule has 0 saturated heterocycles. The summed E-state index contributed by atoms with van der Waals surface area (Å²) in [5.74, 6) is 1.08. The Balaban J connectivity index is 1.72. The normalized spacial score (nSPS) is 19.1. The highest BCUT2D eigenvalue weighted by atomic mass is 32.2. The largest absolute Gasteiger partial charge is 0.493 e. The molecule has 35 heavy (non-hydrogen) atoms. The number of rotatable bonds is 11. The van der Waals surface area contributed by atoms with E-state index in [9.17, 15) is 9.59 Å². The number of ether oxygens (including phenoxy) is 4. The van der Waals surface area contributed by atoms with Gasteiger partial charge in [-0.15, -0.1) is 0 Å². The van der Waals surface area contributed by atoms with Crippen molar-refractivity contribution in [3.63, 3.8) is 0 Å². The number of carbonyl (C=O) groups is 2. The van der Waals surface area contributed by atoms with E-state index < -0.39 is 12.0 Å². The molecule has 1 fully saturated rings. The van der Waals surface area contributed by atoms with Crippen LogP contribution >= 0.6 is 11.8 Å². The van der Waals surface area contributed by atoms with E-state index in [2.05, 4.69) is 10.3 Å². The fourth-order valence-corrected chi connectivity index (χ4v) is 5.12. The van der Waals surface area contributed by atoms with Crippen LogP contribution in [0.5, 0.6) is 11.5 Å². The molecule has 0 bridgehead atoms. The van der Waals surface area contributed by atoms with Gasteiger partial charge in [0.2, 0.25) is 5.91 Å². The van der Waals surface area contributed by atoms with Crippen LogP contribution < -0.4 is 14.8 Å². The Morgan fingerprint density at radius 3 is 2.66 bits per heavy atom. The number of thioether (sulfide) groups is 1. The number of nitrogens with one attached hydrogen (secondary N) is 1. The third kappa shape index (κ3) is 5.48. The smallest absolute Gasteiger partial charge is 0.338 e. The number of methoxy groups -OCH3 is 3. The first-order chi connectivity index (χ1) is 17.0. The van der Waals surface area contributed by atoms with Crippen LogP contribution in [0.1, 0.15) is 37.8 Å². The van der Waals surface area contributed by atoms with E-state index in [-0.39, 0.29) is 25.5 Å². The third-order valence-corrected chi connectivity index (χ3v) is 6.98. The minimum Gasteiger partial charge on any atom is -0.493 e. The average molecular weight is 502 g/mol. The number of hydrogen-bond donors (Lipinski definition) is 1. The van der Waals surface area contributed by atoms with Crippen molar-refractivity contribution in [2.24, 2.45) is 10.9 Å².